The van der Waals surface area contributed by atoms with Gasteiger partial charge in [-0.3, -0.25) is 4.98 Å². The number of hydrogen-bond acceptors (Lipinski definition) is 4. The van der Waals surface area contributed by atoms with E-state index < -0.39 is 5.97 Å². The maximum atomic E-state index is 10.2. The van der Waals surface area contributed by atoms with Crippen LogP contribution in [0.2, 0.25) is 0 Å². The van der Waals surface area contributed by atoms with Crippen LogP contribution in [0.15, 0.2) is 18.3 Å². The fraction of sp³-hybridized carbons (Fsp3) is 0.250. The fourth-order valence-electron chi connectivity index (χ4n) is 0.828. The standard InChI is InChI=1S/C8H9NO3.Na/c1-12-7-2-3-9-6(4-7)5-8(10)11;/h2-4H,5H2,1H3,(H,10,11);/q;+1/p-1. The average molecular weight is 189 g/mol. The van der Waals surface area contributed by atoms with Crippen LogP contribution in [0.1, 0.15) is 5.69 Å². The van der Waals surface area contributed by atoms with Gasteiger partial charge >= 0.3 is 29.6 Å². The zero-order valence-corrected chi connectivity index (χ0v) is 9.61. The van der Waals surface area contributed by atoms with Crippen LogP contribution in [-0.2, 0) is 11.2 Å². The first-order chi connectivity index (χ1) is 5.72. The number of rotatable bonds is 3. The Bertz CT molecular complexity index is 290. The third kappa shape index (κ3) is 4.26. The molecular formula is C8H8NNaO3. The molecule has 0 aliphatic rings. The number of methoxy groups -OCH3 is 1. The van der Waals surface area contributed by atoms with Gasteiger partial charge in [0, 0.05) is 30.3 Å². The molecule has 0 radical (unpaired) electrons. The molecule has 0 spiro atoms. The van der Waals surface area contributed by atoms with Crippen LogP contribution < -0.4 is 39.4 Å². The van der Waals surface area contributed by atoms with Gasteiger partial charge in [-0.2, -0.15) is 0 Å². The number of ether oxygens (including phenoxy) is 1. The Balaban J connectivity index is 0.00000144. The molecule has 0 N–H and O–H groups in total. The van der Waals surface area contributed by atoms with E-state index in [1.165, 1.54) is 13.3 Å². The minimum atomic E-state index is -1.14. The summed E-state index contributed by atoms with van der Waals surface area (Å²) in [5, 5.41) is 10.2. The van der Waals surface area contributed by atoms with Crippen molar-refractivity contribution in [1.82, 2.24) is 4.98 Å². The normalized spacial score (nSPS) is 8.69. The van der Waals surface area contributed by atoms with E-state index in [1.54, 1.807) is 12.1 Å². The van der Waals surface area contributed by atoms with Crippen molar-refractivity contribution in [1.29, 1.82) is 0 Å². The van der Waals surface area contributed by atoms with E-state index in [0.29, 0.717) is 11.4 Å². The number of carbonyl (C=O) groups is 1. The molecule has 4 nitrogen and oxygen atoms in total. The van der Waals surface area contributed by atoms with Gasteiger partial charge in [-0.05, 0) is 6.07 Å². The molecule has 1 heterocycles. The molecule has 13 heavy (non-hydrogen) atoms. The summed E-state index contributed by atoms with van der Waals surface area (Å²) in [5.41, 5.74) is 0.439. The molecule has 0 aliphatic heterocycles. The second-order valence-corrected chi connectivity index (χ2v) is 2.24. The van der Waals surface area contributed by atoms with Crippen molar-refractivity contribution in [2.75, 3.05) is 7.11 Å². The number of carboxylic acid groups (broad SMARTS) is 1. The Morgan fingerprint density at radius 3 is 2.92 bits per heavy atom. The number of pyridine rings is 1. The van der Waals surface area contributed by atoms with Crippen LogP contribution in [0.3, 0.4) is 0 Å². The predicted octanol–water partition coefficient (Wildman–Crippen LogP) is -3.61. The monoisotopic (exact) mass is 189 g/mol. The van der Waals surface area contributed by atoms with Gasteiger partial charge < -0.3 is 14.6 Å². The Morgan fingerprint density at radius 2 is 2.38 bits per heavy atom. The molecule has 0 fully saturated rings. The maximum absolute atomic E-state index is 10.2. The molecule has 0 bridgehead atoms. The van der Waals surface area contributed by atoms with Crippen molar-refractivity contribution in [3.8, 4) is 5.75 Å². The van der Waals surface area contributed by atoms with E-state index in [4.69, 9.17) is 4.74 Å². The predicted molar refractivity (Wildman–Crippen MR) is 39.5 cm³/mol. The van der Waals surface area contributed by atoms with E-state index >= 15 is 0 Å². The van der Waals surface area contributed by atoms with Gasteiger partial charge in [-0.25, -0.2) is 0 Å². The van der Waals surface area contributed by atoms with Crippen molar-refractivity contribution < 1.29 is 44.2 Å². The Kier molecular flexibility index (Phi) is 5.70. The molecule has 0 atom stereocenters. The second kappa shape index (κ2) is 5.96. The first-order valence-electron chi connectivity index (χ1n) is 3.41. The molecule has 5 heteroatoms. The Hall–Kier alpha value is -0.580. The van der Waals surface area contributed by atoms with E-state index in [9.17, 15) is 9.90 Å². The summed E-state index contributed by atoms with van der Waals surface area (Å²) in [5.74, 6) is -0.544. The third-order valence-corrected chi connectivity index (χ3v) is 1.35. The summed E-state index contributed by atoms with van der Waals surface area (Å²) >= 11 is 0. The molecule has 0 saturated carbocycles. The number of aromatic nitrogens is 1. The summed E-state index contributed by atoms with van der Waals surface area (Å²) in [7, 11) is 1.51. The van der Waals surface area contributed by atoms with Crippen LogP contribution in [-0.4, -0.2) is 18.1 Å². The quantitative estimate of drug-likeness (QED) is 0.461. The molecule has 0 unspecified atom stereocenters. The SMILES string of the molecule is COc1ccnc(CC(=O)[O-])c1.[Na+]. The number of nitrogens with zero attached hydrogens (tertiary/aromatic N) is 1. The molecule has 0 aromatic carbocycles. The van der Waals surface area contributed by atoms with E-state index in [2.05, 4.69) is 4.98 Å². The smallest absolute Gasteiger partial charge is 0.550 e. The molecule has 0 amide bonds. The molecular weight excluding hydrogens is 181 g/mol. The Morgan fingerprint density at radius 1 is 1.69 bits per heavy atom. The zero-order valence-electron chi connectivity index (χ0n) is 7.61. The average Bonchev–Trinajstić information content (AvgIpc) is 2.03. The van der Waals surface area contributed by atoms with Crippen molar-refractivity contribution in [2.24, 2.45) is 0 Å². The van der Waals surface area contributed by atoms with Gasteiger partial charge in [-0.15, -0.1) is 0 Å². The minimum absolute atomic E-state index is 0. The van der Waals surface area contributed by atoms with Crippen LogP contribution in [0.5, 0.6) is 5.75 Å². The van der Waals surface area contributed by atoms with E-state index in [-0.39, 0.29) is 36.0 Å². The second-order valence-electron chi connectivity index (χ2n) is 2.24. The van der Waals surface area contributed by atoms with Crippen molar-refractivity contribution in [2.45, 2.75) is 6.42 Å². The molecule has 1 rings (SSSR count). The minimum Gasteiger partial charge on any atom is -0.550 e. The maximum Gasteiger partial charge on any atom is 1.00 e. The van der Waals surface area contributed by atoms with Crippen LogP contribution >= 0.6 is 0 Å². The summed E-state index contributed by atoms with van der Waals surface area (Å²) in [6.45, 7) is 0. The number of carbonyl (C=O) groups excluding carboxylic acids is 1. The number of aliphatic carboxylic acids is 1. The summed E-state index contributed by atoms with van der Waals surface area (Å²) in [4.78, 5) is 14.0. The molecule has 0 aliphatic carbocycles. The van der Waals surface area contributed by atoms with Gasteiger partial charge in [-0.1, -0.05) is 0 Å². The van der Waals surface area contributed by atoms with Gasteiger partial charge in [0.1, 0.15) is 5.75 Å². The van der Waals surface area contributed by atoms with E-state index in [0.717, 1.165) is 0 Å². The van der Waals surface area contributed by atoms with Crippen molar-refractivity contribution >= 4 is 5.97 Å². The van der Waals surface area contributed by atoms with Gasteiger partial charge in [0.2, 0.25) is 0 Å². The molecule has 1 aromatic heterocycles. The molecule has 1 aromatic rings. The van der Waals surface area contributed by atoms with Gasteiger partial charge in [0.25, 0.3) is 0 Å². The topological polar surface area (TPSA) is 62.2 Å². The first kappa shape index (κ1) is 12.4. The van der Waals surface area contributed by atoms with Crippen LogP contribution in [0, 0.1) is 0 Å². The first-order valence-corrected chi connectivity index (χ1v) is 3.41. The van der Waals surface area contributed by atoms with Gasteiger partial charge in [0.05, 0.1) is 7.11 Å². The summed E-state index contributed by atoms with van der Waals surface area (Å²) in [6, 6.07) is 3.22. The number of hydrogen-bond donors (Lipinski definition) is 0. The molecule has 64 valence electrons. The zero-order chi connectivity index (χ0) is 8.97. The largest absolute Gasteiger partial charge is 1.00 e. The van der Waals surface area contributed by atoms with E-state index in [1.807, 2.05) is 0 Å². The summed E-state index contributed by atoms with van der Waals surface area (Å²) < 4.78 is 4.88. The summed E-state index contributed by atoms with van der Waals surface area (Å²) in [6.07, 6.45) is 1.31. The number of carboxylic acids is 1. The van der Waals surface area contributed by atoms with Gasteiger partial charge in [0.15, 0.2) is 0 Å². The molecule has 0 saturated heterocycles. The van der Waals surface area contributed by atoms with Crippen LogP contribution in [0.4, 0.5) is 0 Å². The van der Waals surface area contributed by atoms with Crippen molar-refractivity contribution in [3.63, 3.8) is 0 Å². The Labute approximate surface area is 98.2 Å². The fourth-order valence-corrected chi connectivity index (χ4v) is 0.828. The third-order valence-electron chi connectivity index (χ3n) is 1.35. The van der Waals surface area contributed by atoms with Crippen molar-refractivity contribution in [3.05, 3.63) is 24.0 Å². The van der Waals surface area contributed by atoms with Crippen LogP contribution in [0.25, 0.3) is 0 Å².